The van der Waals surface area contributed by atoms with Crippen LogP contribution in [0.1, 0.15) is 16.7 Å². The third-order valence-electron chi connectivity index (χ3n) is 6.90. The summed E-state index contributed by atoms with van der Waals surface area (Å²) >= 11 is 0. The van der Waals surface area contributed by atoms with Gasteiger partial charge in [-0.2, -0.15) is 0 Å². The van der Waals surface area contributed by atoms with Crippen LogP contribution >= 0.6 is 0 Å². The predicted octanol–water partition coefficient (Wildman–Crippen LogP) is 1.58. The summed E-state index contributed by atoms with van der Waals surface area (Å²) in [5, 5.41) is 51.7. The fraction of sp³-hybridized carbons (Fsp3) is 0.394. The van der Waals surface area contributed by atoms with E-state index in [2.05, 4.69) is 11.8 Å². The second-order valence-corrected chi connectivity index (χ2v) is 10.1. The van der Waals surface area contributed by atoms with Crippen molar-refractivity contribution < 1.29 is 44.5 Å². The maximum absolute atomic E-state index is 11.3. The van der Waals surface area contributed by atoms with Crippen molar-refractivity contribution in [2.45, 2.75) is 68.7 Å². The number of rotatable bonds is 13. The Kier molecular flexibility index (Phi) is 12.5. The van der Waals surface area contributed by atoms with E-state index in [0.29, 0.717) is 0 Å². The Bertz CT molecular complexity index is 1230. The standard InChI is InChI=1S/C33H38O9/c34-18-29-31(37)32(38)30(36)27(42-29)16-17-28(40-20-24-12-6-2-7-13-24)33(41-21-25-14-8-3-9-15-25)26(35)22-39-19-23-10-4-1-5-11-23/h1-15,26-38H,18-22H2/t26?,27-,28?,29+,30-,31+,32+,33?/m0/s1. The van der Waals surface area contributed by atoms with Crippen molar-refractivity contribution in [1.82, 2.24) is 0 Å². The molecule has 4 rings (SSSR count). The predicted molar refractivity (Wildman–Crippen MR) is 154 cm³/mol. The molecule has 1 aliphatic heterocycles. The summed E-state index contributed by atoms with van der Waals surface area (Å²) in [4.78, 5) is 0. The molecule has 0 amide bonds. The molecule has 0 aliphatic carbocycles. The summed E-state index contributed by atoms with van der Waals surface area (Å²) < 4.78 is 23.7. The summed E-state index contributed by atoms with van der Waals surface area (Å²) in [5.41, 5.74) is 2.70. The topological polar surface area (TPSA) is 138 Å². The molecule has 0 spiro atoms. The third kappa shape index (κ3) is 9.18. The molecule has 9 heteroatoms. The van der Waals surface area contributed by atoms with Gasteiger partial charge in [0.15, 0.2) is 0 Å². The number of hydrogen-bond acceptors (Lipinski definition) is 9. The van der Waals surface area contributed by atoms with Crippen molar-refractivity contribution in [2.75, 3.05) is 13.2 Å². The molecular formula is C33H38O9. The van der Waals surface area contributed by atoms with Gasteiger partial charge in [0, 0.05) is 0 Å². The summed E-state index contributed by atoms with van der Waals surface area (Å²) in [6.45, 7) is -0.0418. The monoisotopic (exact) mass is 578 g/mol. The largest absolute Gasteiger partial charge is 0.394 e. The maximum atomic E-state index is 11.3. The van der Waals surface area contributed by atoms with Crippen molar-refractivity contribution in [3.63, 3.8) is 0 Å². The van der Waals surface area contributed by atoms with E-state index in [-0.39, 0.29) is 26.4 Å². The molecule has 8 atom stereocenters. The first-order chi connectivity index (χ1) is 20.5. The van der Waals surface area contributed by atoms with Crippen LogP contribution in [0, 0.1) is 11.8 Å². The molecule has 0 radical (unpaired) electrons. The number of hydrogen-bond donors (Lipinski definition) is 5. The summed E-state index contributed by atoms with van der Waals surface area (Å²) in [6.07, 6.45) is -10.1. The van der Waals surface area contributed by atoms with Crippen molar-refractivity contribution in [1.29, 1.82) is 0 Å². The van der Waals surface area contributed by atoms with E-state index in [1.807, 2.05) is 91.0 Å². The molecule has 3 aromatic carbocycles. The minimum Gasteiger partial charge on any atom is -0.394 e. The van der Waals surface area contributed by atoms with E-state index in [1.165, 1.54) is 0 Å². The molecule has 5 N–H and O–H groups in total. The van der Waals surface area contributed by atoms with E-state index < -0.39 is 55.4 Å². The van der Waals surface area contributed by atoms with E-state index in [0.717, 1.165) is 16.7 Å². The van der Waals surface area contributed by atoms with Gasteiger partial charge in [-0.05, 0) is 16.7 Å². The zero-order chi connectivity index (χ0) is 29.7. The first-order valence-corrected chi connectivity index (χ1v) is 13.9. The smallest absolute Gasteiger partial charge is 0.147 e. The van der Waals surface area contributed by atoms with Gasteiger partial charge in [0.05, 0.1) is 33.0 Å². The molecule has 1 aliphatic rings. The van der Waals surface area contributed by atoms with Gasteiger partial charge in [-0.3, -0.25) is 0 Å². The maximum Gasteiger partial charge on any atom is 0.147 e. The Hall–Kier alpha value is -3.14. The fourth-order valence-corrected chi connectivity index (χ4v) is 4.50. The average molecular weight is 579 g/mol. The van der Waals surface area contributed by atoms with Crippen LogP contribution < -0.4 is 0 Å². The average Bonchev–Trinajstić information content (AvgIpc) is 3.03. The minimum atomic E-state index is -1.57. The molecule has 3 aromatic rings. The lowest BCUT2D eigenvalue weighted by Gasteiger charge is -2.38. The highest BCUT2D eigenvalue weighted by molar-refractivity contribution is 5.19. The normalized spacial score (nSPS) is 24.3. The lowest BCUT2D eigenvalue weighted by atomic mass is 9.95. The fourth-order valence-electron chi connectivity index (χ4n) is 4.50. The quantitative estimate of drug-likeness (QED) is 0.191. The number of ether oxygens (including phenoxy) is 4. The van der Waals surface area contributed by atoms with Crippen LogP contribution in [0.25, 0.3) is 0 Å². The first-order valence-electron chi connectivity index (χ1n) is 13.9. The molecule has 0 aromatic heterocycles. The van der Waals surface area contributed by atoms with Crippen molar-refractivity contribution >= 4 is 0 Å². The van der Waals surface area contributed by atoms with E-state index in [4.69, 9.17) is 18.9 Å². The van der Waals surface area contributed by atoms with Crippen LogP contribution in [0.2, 0.25) is 0 Å². The molecule has 1 heterocycles. The molecule has 224 valence electrons. The van der Waals surface area contributed by atoms with E-state index in [9.17, 15) is 25.5 Å². The Labute approximate surface area is 245 Å². The highest BCUT2D eigenvalue weighted by atomic mass is 16.6. The molecular weight excluding hydrogens is 540 g/mol. The van der Waals surface area contributed by atoms with Gasteiger partial charge < -0.3 is 44.5 Å². The molecule has 1 fully saturated rings. The van der Waals surface area contributed by atoms with Gasteiger partial charge in [-0.25, -0.2) is 0 Å². The van der Waals surface area contributed by atoms with Crippen molar-refractivity contribution in [3.05, 3.63) is 108 Å². The molecule has 0 bridgehead atoms. The second-order valence-electron chi connectivity index (χ2n) is 10.1. The van der Waals surface area contributed by atoms with E-state index in [1.54, 1.807) is 0 Å². The van der Waals surface area contributed by atoms with Gasteiger partial charge in [-0.15, -0.1) is 0 Å². The van der Waals surface area contributed by atoms with Gasteiger partial charge in [-0.1, -0.05) is 103 Å². The summed E-state index contributed by atoms with van der Waals surface area (Å²) in [5.74, 6) is 5.70. The van der Waals surface area contributed by atoms with Gasteiger partial charge >= 0.3 is 0 Å². The summed E-state index contributed by atoms with van der Waals surface area (Å²) in [7, 11) is 0. The van der Waals surface area contributed by atoms with Crippen LogP contribution in [0.3, 0.4) is 0 Å². The lowest BCUT2D eigenvalue weighted by Crippen LogP contribution is -2.58. The van der Waals surface area contributed by atoms with Crippen LogP contribution in [0.15, 0.2) is 91.0 Å². The Morgan fingerprint density at radius 2 is 1.21 bits per heavy atom. The molecule has 0 saturated carbocycles. The van der Waals surface area contributed by atoms with Crippen LogP contribution in [-0.2, 0) is 38.8 Å². The van der Waals surface area contributed by atoms with Crippen molar-refractivity contribution in [2.24, 2.45) is 0 Å². The number of benzene rings is 3. The van der Waals surface area contributed by atoms with Crippen LogP contribution in [0.5, 0.6) is 0 Å². The number of aliphatic hydroxyl groups is 5. The highest BCUT2D eigenvalue weighted by Crippen LogP contribution is 2.22. The van der Waals surface area contributed by atoms with E-state index >= 15 is 0 Å². The molecule has 9 nitrogen and oxygen atoms in total. The molecule has 1 saturated heterocycles. The van der Waals surface area contributed by atoms with Gasteiger partial charge in [0.25, 0.3) is 0 Å². The Morgan fingerprint density at radius 1 is 0.690 bits per heavy atom. The first kappa shape index (κ1) is 31.8. The zero-order valence-electron chi connectivity index (χ0n) is 23.2. The summed E-state index contributed by atoms with van der Waals surface area (Å²) in [6, 6.07) is 28.5. The van der Waals surface area contributed by atoms with Crippen LogP contribution in [0.4, 0.5) is 0 Å². The Morgan fingerprint density at radius 3 is 1.76 bits per heavy atom. The zero-order valence-corrected chi connectivity index (χ0v) is 23.2. The SMILES string of the molecule is OC[C@H]1O[C@@H](C#CC(OCc2ccccc2)C(OCc2ccccc2)C(O)COCc2ccccc2)[C@H](O)[C@@H](O)[C@@H]1O. The highest BCUT2D eigenvalue weighted by Gasteiger charge is 2.43. The minimum absolute atomic E-state index is 0.0682. The molecule has 3 unspecified atom stereocenters. The van der Waals surface area contributed by atoms with Crippen molar-refractivity contribution in [3.8, 4) is 11.8 Å². The lowest BCUT2D eigenvalue weighted by molar-refractivity contribution is -0.214. The van der Waals surface area contributed by atoms with Gasteiger partial charge in [0.1, 0.15) is 48.8 Å². The van der Waals surface area contributed by atoms with Crippen LogP contribution in [-0.4, -0.2) is 87.6 Å². The third-order valence-corrected chi connectivity index (χ3v) is 6.90. The number of aliphatic hydroxyl groups excluding tert-OH is 5. The second kappa shape index (κ2) is 16.5. The van der Waals surface area contributed by atoms with Gasteiger partial charge in [0.2, 0.25) is 0 Å². The Balaban J connectivity index is 1.56. The molecule has 42 heavy (non-hydrogen) atoms.